The van der Waals surface area contributed by atoms with Gasteiger partial charge in [0.2, 0.25) is 0 Å². The van der Waals surface area contributed by atoms with Crippen LogP contribution in [0.5, 0.6) is 11.5 Å². The lowest BCUT2D eigenvalue weighted by molar-refractivity contribution is 0.200. The Hall–Kier alpha value is -0.900. The third kappa shape index (κ3) is 5.42. The van der Waals surface area contributed by atoms with Crippen LogP contribution in [0.15, 0.2) is 72.5 Å². The van der Waals surface area contributed by atoms with Crippen LogP contribution in [-0.2, 0) is 5.41 Å². The summed E-state index contributed by atoms with van der Waals surface area (Å²) in [5, 5.41) is 18.3. The van der Waals surface area contributed by atoms with E-state index in [9.17, 15) is 0 Å². The summed E-state index contributed by atoms with van der Waals surface area (Å²) in [5.41, 5.74) is 2.69. The highest BCUT2D eigenvalue weighted by Crippen LogP contribution is 2.47. The van der Waals surface area contributed by atoms with Crippen molar-refractivity contribution in [1.82, 2.24) is 0 Å². The number of benzene rings is 3. The van der Waals surface area contributed by atoms with Crippen molar-refractivity contribution < 1.29 is 19.7 Å². The van der Waals surface area contributed by atoms with Crippen molar-refractivity contribution in [2.24, 2.45) is 0 Å². The van der Waals surface area contributed by atoms with Crippen LogP contribution < -0.4 is 9.47 Å². The van der Waals surface area contributed by atoms with Gasteiger partial charge in [0.15, 0.2) is 0 Å². The Morgan fingerprint density at radius 3 is 1.38 bits per heavy atom. The monoisotopic (exact) mass is 690 g/mol. The predicted octanol–water partition coefficient (Wildman–Crippen LogP) is 6.83. The summed E-state index contributed by atoms with van der Waals surface area (Å²) in [6.45, 7) is 2.47. The Bertz CT molecular complexity index is 963. The standard InChI is InChI=1S/C24H22Br4O4/c1-24(15-5-3-2-4-6-15,16-11-18(25)22(19(26)12-16)31-9-7-29)17-13-20(27)23(21(28)14-17)32-10-8-30/h2-6,11-14,29-30H,7-10H2,1H3. The molecule has 0 bridgehead atoms. The third-order valence-corrected chi connectivity index (χ3v) is 7.53. The highest BCUT2D eigenvalue weighted by Gasteiger charge is 2.33. The van der Waals surface area contributed by atoms with Gasteiger partial charge < -0.3 is 19.7 Å². The summed E-state index contributed by atoms with van der Waals surface area (Å²) in [7, 11) is 0. The largest absolute Gasteiger partial charge is 0.489 e. The number of hydrogen-bond donors (Lipinski definition) is 2. The lowest BCUT2D eigenvalue weighted by Gasteiger charge is -2.33. The lowest BCUT2D eigenvalue weighted by atomic mass is 9.71. The summed E-state index contributed by atoms with van der Waals surface area (Å²) in [6.07, 6.45) is 0. The molecule has 0 saturated heterocycles. The molecule has 4 nitrogen and oxygen atoms in total. The van der Waals surface area contributed by atoms with E-state index >= 15 is 0 Å². The van der Waals surface area contributed by atoms with E-state index in [2.05, 4.69) is 82.8 Å². The molecule has 0 aliphatic heterocycles. The van der Waals surface area contributed by atoms with Crippen molar-refractivity contribution >= 4 is 63.7 Å². The highest BCUT2D eigenvalue weighted by atomic mass is 79.9. The number of halogens is 4. The van der Waals surface area contributed by atoms with Gasteiger partial charge in [-0.3, -0.25) is 0 Å². The smallest absolute Gasteiger partial charge is 0.147 e. The van der Waals surface area contributed by atoms with Crippen LogP contribution in [0.3, 0.4) is 0 Å². The van der Waals surface area contributed by atoms with Gasteiger partial charge in [0.05, 0.1) is 31.1 Å². The van der Waals surface area contributed by atoms with Crippen LogP contribution in [0, 0.1) is 0 Å². The van der Waals surface area contributed by atoms with E-state index in [0.717, 1.165) is 34.6 Å². The fourth-order valence-electron chi connectivity index (χ4n) is 3.54. The highest BCUT2D eigenvalue weighted by molar-refractivity contribution is 9.11. The quantitative estimate of drug-likeness (QED) is 0.241. The molecule has 2 N–H and O–H groups in total. The second-order valence-electron chi connectivity index (χ2n) is 7.17. The number of hydrogen-bond acceptors (Lipinski definition) is 4. The minimum Gasteiger partial charge on any atom is -0.489 e. The number of ether oxygens (including phenoxy) is 2. The molecule has 3 aromatic carbocycles. The Morgan fingerprint density at radius 1 is 0.656 bits per heavy atom. The first-order valence-corrected chi connectivity index (χ1v) is 13.0. The van der Waals surface area contributed by atoms with Crippen molar-refractivity contribution in [3.05, 3.63) is 89.2 Å². The zero-order valence-corrected chi connectivity index (χ0v) is 23.6. The minimum absolute atomic E-state index is 0.0604. The zero-order chi connectivity index (χ0) is 23.3. The second-order valence-corrected chi connectivity index (χ2v) is 10.6. The summed E-state index contributed by atoms with van der Waals surface area (Å²) in [4.78, 5) is 0. The molecule has 0 saturated carbocycles. The van der Waals surface area contributed by atoms with Gasteiger partial charge in [-0.2, -0.15) is 0 Å². The van der Waals surface area contributed by atoms with E-state index in [1.165, 1.54) is 0 Å². The molecule has 0 fully saturated rings. The van der Waals surface area contributed by atoms with Crippen molar-refractivity contribution in [3.63, 3.8) is 0 Å². The summed E-state index contributed by atoms with van der Waals surface area (Å²) in [5.74, 6) is 1.29. The predicted molar refractivity (Wildman–Crippen MR) is 141 cm³/mol. The zero-order valence-electron chi connectivity index (χ0n) is 17.2. The Balaban J connectivity index is 2.20. The number of aliphatic hydroxyl groups is 2. The SMILES string of the molecule is CC(c1ccccc1)(c1cc(Br)c(OCCO)c(Br)c1)c1cc(Br)c(OCCO)c(Br)c1. The Morgan fingerprint density at radius 2 is 1.03 bits per heavy atom. The summed E-state index contributed by atoms with van der Waals surface area (Å²) >= 11 is 14.5. The van der Waals surface area contributed by atoms with Gasteiger partial charge in [0.25, 0.3) is 0 Å². The molecule has 0 heterocycles. The minimum atomic E-state index is -0.512. The average Bonchev–Trinajstić information content (AvgIpc) is 2.78. The molecule has 0 aliphatic carbocycles. The molecule has 3 aromatic rings. The molecule has 0 amide bonds. The molecule has 0 atom stereocenters. The summed E-state index contributed by atoms with van der Waals surface area (Å²) in [6, 6.07) is 18.4. The molecule has 170 valence electrons. The maximum absolute atomic E-state index is 9.13. The van der Waals surface area contributed by atoms with E-state index in [0.29, 0.717) is 11.5 Å². The lowest BCUT2D eigenvalue weighted by Crippen LogP contribution is -2.26. The molecular formula is C24H22Br4O4. The molecule has 32 heavy (non-hydrogen) atoms. The van der Waals surface area contributed by atoms with Gasteiger partial charge >= 0.3 is 0 Å². The number of aliphatic hydroxyl groups excluding tert-OH is 2. The molecule has 3 rings (SSSR count). The third-order valence-electron chi connectivity index (χ3n) is 5.18. The maximum atomic E-state index is 9.13. The topological polar surface area (TPSA) is 58.9 Å². The fourth-order valence-corrected chi connectivity index (χ4v) is 6.37. The van der Waals surface area contributed by atoms with Crippen molar-refractivity contribution in [2.45, 2.75) is 12.3 Å². The first-order valence-electron chi connectivity index (χ1n) is 9.84. The van der Waals surface area contributed by atoms with Crippen LogP contribution in [0.25, 0.3) is 0 Å². The van der Waals surface area contributed by atoms with Crippen LogP contribution in [0.1, 0.15) is 23.6 Å². The van der Waals surface area contributed by atoms with E-state index in [4.69, 9.17) is 19.7 Å². The van der Waals surface area contributed by atoms with Crippen LogP contribution in [-0.4, -0.2) is 36.6 Å². The van der Waals surface area contributed by atoms with E-state index in [-0.39, 0.29) is 26.4 Å². The first kappa shape index (κ1) is 25.7. The van der Waals surface area contributed by atoms with Crippen LogP contribution in [0.2, 0.25) is 0 Å². The van der Waals surface area contributed by atoms with Crippen molar-refractivity contribution in [2.75, 3.05) is 26.4 Å². The first-order chi connectivity index (χ1) is 15.3. The van der Waals surface area contributed by atoms with Gasteiger partial charge in [-0.05, 0) is 112 Å². The van der Waals surface area contributed by atoms with Gasteiger partial charge in [-0.25, -0.2) is 0 Å². The normalized spacial score (nSPS) is 11.5. The Kier molecular flexibility index (Phi) is 9.23. The van der Waals surface area contributed by atoms with Crippen LogP contribution >= 0.6 is 63.7 Å². The van der Waals surface area contributed by atoms with Gasteiger partial charge in [0.1, 0.15) is 24.7 Å². The fraction of sp³-hybridized carbons (Fsp3) is 0.250. The number of rotatable bonds is 9. The van der Waals surface area contributed by atoms with Crippen molar-refractivity contribution in [1.29, 1.82) is 0 Å². The Labute approximate surface area is 221 Å². The van der Waals surface area contributed by atoms with Gasteiger partial charge in [-0.1, -0.05) is 30.3 Å². The summed E-state index contributed by atoms with van der Waals surface area (Å²) < 4.78 is 14.5. The molecule has 8 heteroatoms. The average molecular weight is 694 g/mol. The molecule has 0 spiro atoms. The molecule has 0 aromatic heterocycles. The van der Waals surface area contributed by atoms with E-state index in [1.807, 2.05) is 42.5 Å². The molecule has 0 aliphatic rings. The van der Waals surface area contributed by atoms with Gasteiger partial charge in [0, 0.05) is 5.41 Å². The van der Waals surface area contributed by atoms with E-state index < -0.39 is 5.41 Å². The maximum Gasteiger partial charge on any atom is 0.147 e. The molecule has 0 unspecified atom stereocenters. The molecular weight excluding hydrogens is 672 g/mol. The van der Waals surface area contributed by atoms with Crippen molar-refractivity contribution in [3.8, 4) is 11.5 Å². The second kappa shape index (κ2) is 11.5. The van der Waals surface area contributed by atoms with E-state index in [1.54, 1.807) is 0 Å². The van der Waals surface area contributed by atoms with Gasteiger partial charge in [-0.15, -0.1) is 0 Å². The van der Waals surface area contributed by atoms with Crippen LogP contribution in [0.4, 0.5) is 0 Å². The molecule has 0 radical (unpaired) electrons.